The van der Waals surface area contributed by atoms with E-state index in [0.717, 1.165) is 37.2 Å². The topological polar surface area (TPSA) is 38.5 Å². The van der Waals surface area contributed by atoms with Crippen LogP contribution in [-0.4, -0.2) is 23.1 Å². The van der Waals surface area contributed by atoms with Crippen LogP contribution in [0.4, 0.5) is 0 Å². The van der Waals surface area contributed by atoms with E-state index in [1.54, 1.807) is 0 Å². The van der Waals surface area contributed by atoms with Crippen LogP contribution in [0, 0.1) is 6.92 Å². The maximum absolute atomic E-state index is 6.52. The molecule has 2 aromatic carbocycles. The molecule has 1 spiro atoms. The SMILES string of the molecule is Cc1ccc2c(c1)[C@@H](N)CC1(CC(C)N(Cc3ccccc3)C1)O2. The molecule has 3 heteroatoms. The van der Waals surface area contributed by atoms with Crippen molar-refractivity contribution in [3.8, 4) is 5.75 Å². The van der Waals surface area contributed by atoms with Gasteiger partial charge in [0.1, 0.15) is 11.4 Å². The highest BCUT2D eigenvalue weighted by Gasteiger charge is 2.47. The summed E-state index contributed by atoms with van der Waals surface area (Å²) < 4.78 is 6.52. The minimum absolute atomic E-state index is 0.0672. The molecule has 2 aliphatic rings. The Bertz CT molecular complexity index is 730. The summed E-state index contributed by atoms with van der Waals surface area (Å²) in [5, 5.41) is 0. The van der Waals surface area contributed by atoms with E-state index in [1.807, 2.05) is 0 Å². The number of hydrogen-bond donors (Lipinski definition) is 1. The number of nitrogens with two attached hydrogens (primary N) is 1. The second-order valence-corrected chi connectivity index (χ2v) is 7.58. The Hall–Kier alpha value is -1.84. The molecule has 2 aromatic rings. The first kappa shape index (κ1) is 15.7. The van der Waals surface area contributed by atoms with Crippen molar-refractivity contribution in [2.45, 2.75) is 50.9 Å². The Balaban J connectivity index is 1.56. The van der Waals surface area contributed by atoms with Gasteiger partial charge < -0.3 is 10.5 Å². The molecule has 0 radical (unpaired) electrons. The quantitative estimate of drug-likeness (QED) is 0.914. The normalized spacial score (nSPS) is 29.5. The van der Waals surface area contributed by atoms with Gasteiger partial charge in [0.2, 0.25) is 0 Å². The molecule has 4 rings (SSSR count). The molecule has 0 aliphatic carbocycles. The second-order valence-electron chi connectivity index (χ2n) is 7.58. The van der Waals surface area contributed by atoms with Gasteiger partial charge in [-0.2, -0.15) is 0 Å². The number of rotatable bonds is 2. The lowest BCUT2D eigenvalue weighted by atomic mass is 9.85. The van der Waals surface area contributed by atoms with Crippen molar-refractivity contribution >= 4 is 0 Å². The van der Waals surface area contributed by atoms with Crippen LogP contribution in [-0.2, 0) is 6.54 Å². The summed E-state index contributed by atoms with van der Waals surface area (Å²) in [5.41, 5.74) is 10.1. The van der Waals surface area contributed by atoms with E-state index in [2.05, 4.69) is 67.3 Å². The van der Waals surface area contributed by atoms with Gasteiger partial charge in [0.15, 0.2) is 0 Å². The smallest absolute Gasteiger partial charge is 0.125 e. The van der Waals surface area contributed by atoms with Crippen molar-refractivity contribution in [1.29, 1.82) is 0 Å². The van der Waals surface area contributed by atoms with Crippen LogP contribution in [0.5, 0.6) is 5.75 Å². The largest absolute Gasteiger partial charge is 0.485 e. The van der Waals surface area contributed by atoms with Crippen molar-refractivity contribution in [3.63, 3.8) is 0 Å². The second kappa shape index (κ2) is 5.91. The molecular weight excluding hydrogens is 296 g/mol. The van der Waals surface area contributed by atoms with E-state index in [1.165, 1.54) is 11.1 Å². The van der Waals surface area contributed by atoms with Gasteiger partial charge in [0, 0.05) is 43.6 Å². The summed E-state index contributed by atoms with van der Waals surface area (Å²) in [6.45, 7) is 6.33. The zero-order valence-electron chi connectivity index (χ0n) is 14.5. The summed E-state index contributed by atoms with van der Waals surface area (Å²) in [6, 6.07) is 17.6. The summed E-state index contributed by atoms with van der Waals surface area (Å²) in [7, 11) is 0. The van der Waals surface area contributed by atoms with Gasteiger partial charge in [0.25, 0.3) is 0 Å². The third kappa shape index (κ3) is 2.83. The molecule has 0 bridgehead atoms. The molecule has 3 atom stereocenters. The van der Waals surface area contributed by atoms with Gasteiger partial charge in [-0.1, -0.05) is 48.0 Å². The van der Waals surface area contributed by atoms with E-state index < -0.39 is 0 Å². The molecule has 0 amide bonds. The summed E-state index contributed by atoms with van der Waals surface area (Å²) >= 11 is 0. The minimum atomic E-state index is -0.143. The molecule has 126 valence electrons. The fraction of sp³-hybridized carbons (Fsp3) is 0.429. The Kier molecular flexibility index (Phi) is 3.86. The predicted octanol–water partition coefficient (Wildman–Crippen LogP) is 3.81. The van der Waals surface area contributed by atoms with Crippen LogP contribution in [0.3, 0.4) is 0 Å². The number of aryl methyl sites for hydroxylation is 1. The fourth-order valence-corrected chi connectivity index (χ4v) is 4.35. The lowest BCUT2D eigenvalue weighted by Gasteiger charge is -2.39. The zero-order chi connectivity index (χ0) is 16.7. The Labute approximate surface area is 144 Å². The lowest BCUT2D eigenvalue weighted by Crippen LogP contribution is -2.45. The summed E-state index contributed by atoms with van der Waals surface area (Å²) in [4.78, 5) is 2.53. The number of fused-ring (bicyclic) bond motifs is 1. The van der Waals surface area contributed by atoms with Crippen molar-refractivity contribution < 1.29 is 4.74 Å². The van der Waals surface area contributed by atoms with Crippen LogP contribution in [0.1, 0.15) is 42.5 Å². The van der Waals surface area contributed by atoms with Crippen LogP contribution < -0.4 is 10.5 Å². The highest BCUT2D eigenvalue weighted by Crippen LogP contribution is 2.44. The molecular formula is C21H26N2O. The molecule has 0 saturated carbocycles. The third-order valence-electron chi connectivity index (χ3n) is 5.49. The first-order valence-corrected chi connectivity index (χ1v) is 8.88. The van der Waals surface area contributed by atoms with E-state index in [-0.39, 0.29) is 11.6 Å². The molecule has 0 aromatic heterocycles. The number of hydrogen-bond acceptors (Lipinski definition) is 3. The standard InChI is InChI=1S/C21H26N2O/c1-15-8-9-20-18(10-15)19(22)12-21(24-20)11-16(2)23(14-21)13-17-6-4-3-5-7-17/h3-10,16,19H,11-14,22H2,1-2H3/t16?,19-,21?/m0/s1. The average Bonchev–Trinajstić information content (AvgIpc) is 2.84. The van der Waals surface area contributed by atoms with Gasteiger partial charge in [-0.3, -0.25) is 4.90 Å². The maximum Gasteiger partial charge on any atom is 0.125 e. The minimum Gasteiger partial charge on any atom is -0.485 e. The van der Waals surface area contributed by atoms with E-state index >= 15 is 0 Å². The maximum atomic E-state index is 6.52. The molecule has 3 nitrogen and oxygen atoms in total. The number of nitrogens with zero attached hydrogens (tertiary/aromatic N) is 1. The monoisotopic (exact) mass is 322 g/mol. The molecule has 2 heterocycles. The Morgan fingerprint density at radius 3 is 2.75 bits per heavy atom. The third-order valence-corrected chi connectivity index (χ3v) is 5.49. The van der Waals surface area contributed by atoms with Gasteiger partial charge in [-0.15, -0.1) is 0 Å². The number of benzene rings is 2. The average molecular weight is 322 g/mol. The van der Waals surface area contributed by atoms with Crippen molar-refractivity contribution in [1.82, 2.24) is 4.90 Å². The number of ether oxygens (including phenoxy) is 1. The molecule has 2 aliphatic heterocycles. The first-order chi connectivity index (χ1) is 11.5. The molecule has 2 unspecified atom stereocenters. The van der Waals surface area contributed by atoms with Crippen molar-refractivity contribution in [2.24, 2.45) is 5.73 Å². The zero-order valence-corrected chi connectivity index (χ0v) is 14.5. The molecule has 1 saturated heterocycles. The lowest BCUT2D eigenvalue weighted by molar-refractivity contribution is 0.0433. The highest BCUT2D eigenvalue weighted by molar-refractivity contribution is 5.42. The summed E-state index contributed by atoms with van der Waals surface area (Å²) in [6.07, 6.45) is 1.94. The molecule has 24 heavy (non-hydrogen) atoms. The first-order valence-electron chi connectivity index (χ1n) is 8.88. The van der Waals surface area contributed by atoms with Gasteiger partial charge in [0.05, 0.1) is 0 Å². The number of likely N-dealkylation sites (tertiary alicyclic amines) is 1. The Morgan fingerprint density at radius 2 is 1.96 bits per heavy atom. The van der Waals surface area contributed by atoms with Crippen molar-refractivity contribution in [2.75, 3.05) is 6.54 Å². The van der Waals surface area contributed by atoms with Gasteiger partial charge in [-0.25, -0.2) is 0 Å². The van der Waals surface area contributed by atoms with Gasteiger partial charge >= 0.3 is 0 Å². The molecule has 2 N–H and O–H groups in total. The Morgan fingerprint density at radius 1 is 1.17 bits per heavy atom. The predicted molar refractivity (Wildman–Crippen MR) is 97.0 cm³/mol. The fourth-order valence-electron chi connectivity index (χ4n) is 4.35. The van der Waals surface area contributed by atoms with E-state index in [0.29, 0.717) is 6.04 Å². The highest BCUT2D eigenvalue weighted by atomic mass is 16.5. The van der Waals surface area contributed by atoms with Gasteiger partial charge in [-0.05, 0) is 25.5 Å². The van der Waals surface area contributed by atoms with E-state index in [9.17, 15) is 0 Å². The van der Waals surface area contributed by atoms with Crippen LogP contribution in [0.25, 0.3) is 0 Å². The molecule has 1 fully saturated rings. The van der Waals surface area contributed by atoms with Crippen molar-refractivity contribution in [3.05, 3.63) is 65.2 Å². The summed E-state index contributed by atoms with van der Waals surface area (Å²) in [5.74, 6) is 0.980. The van der Waals surface area contributed by atoms with Crippen LogP contribution in [0.2, 0.25) is 0 Å². The van der Waals surface area contributed by atoms with Crippen LogP contribution >= 0.6 is 0 Å². The van der Waals surface area contributed by atoms with Crippen LogP contribution in [0.15, 0.2) is 48.5 Å². The van der Waals surface area contributed by atoms with E-state index in [4.69, 9.17) is 10.5 Å².